The average Bonchev–Trinajstić information content (AvgIpc) is 3.34. The molecule has 0 saturated carbocycles. The van der Waals surface area contributed by atoms with Gasteiger partial charge in [-0.2, -0.15) is 4.31 Å². The maximum absolute atomic E-state index is 12.9. The first kappa shape index (κ1) is 22.9. The molecule has 3 rings (SSSR count). The summed E-state index contributed by atoms with van der Waals surface area (Å²) in [4.78, 5) is 27.4. The highest BCUT2D eigenvalue weighted by Crippen LogP contribution is 2.42. The zero-order valence-electron chi connectivity index (χ0n) is 17.6. The number of esters is 1. The number of piperidine rings is 1. The lowest BCUT2D eigenvalue weighted by Crippen LogP contribution is -2.50. The summed E-state index contributed by atoms with van der Waals surface area (Å²) in [7, 11) is -3.57. The quantitative estimate of drug-likeness (QED) is 0.598. The molecule has 1 saturated heterocycles. The van der Waals surface area contributed by atoms with Crippen molar-refractivity contribution in [3.8, 4) is 0 Å². The monoisotopic (exact) mass is 455 g/mol. The molecule has 0 radical (unpaired) electrons. The first-order chi connectivity index (χ1) is 14.2. The third kappa shape index (κ3) is 4.32. The molecular formula is C20H29N3O5S2. The Morgan fingerprint density at radius 2 is 1.97 bits per heavy atom. The van der Waals surface area contributed by atoms with Gasteiger partial charge >= 0.3 is 5.97 Å². The summed E-state index contributed by atoms with van der Waals surface area (Å²) in [5, 5.41) is 4.64. The van der Waals surface area contributed by atoms with Crippen molar-refractivity contribution in [2.24, 2.45) is 0 Å². The minimum absolute atomic E-state index is 0.191. The van der Waals surface area contributed by atoms with Gasteiger partial charge in [0.15, 0.2) is 0 Å². The number of nitrogens with one attached hydrogen (secondary N) is 1. The predicted molar refractivity (Wildman–Crippen MR) is 115 cm³/mol. The summed E-state index contributed by atoms with van der Waals surface area (Å²) in [5.74, 6) is -0.807. The van der Waals surface area contributed by atoms with Crippen LogP contribution in [0.5, 0.6) is 0 Å². The third-order valence-corrected chi connectivity index (χ3v) is 9.15. The average molecular weight is 456 g/mol. The molecule has 2 aliphatic heterocycles. The van der Waals surface area contributed by atoms with E-state index < -0.39 is 21.6 Å². The smallest absolute Gasteiger partial charge is 0.335 e. The molecule has 0 unspecified atom stereocenters. The molecule has 10 heteroatoms. The van der Waals surface area contributed by atoms with Crippen molar-refractivity contribution in [3.63, 3.8) is 0 Å². The first-order valence-electron chi connectivity index (χ1n) is 10.2. The van der Waals surface area contributed by atoms with Crippen molar-refractivity contribution in [2.75, 3.05) is 39.3 Å². The van der Waals surface area contributed by atoms with Crippen LogP contribution in [0, 0.1) is 0 Å². The number of nitrogens with zero attached hydrogens (tertiary/aromatic N) is 2. The SMILES string of the molecule is CCN(CC)CCNC(=O)C1=C(C)C(=O)OC12CCN(S(=O)(=O)c1cccs1)CC2. The van der Waals surface area contributed by atoms with Crippen LogP contribution in [-0.2, 0) is 24.3 Å². The molecular weight excluding hydrogens is 426 g/mol. The van der Waals surface area contributed by atoms with Crippen LogP contribution < -0.4 is 5.32 Å². The van der Waals surface area contributed by atoms with Gasteiger partial charge in [-0.05, 0) is 31.5 Å². The Hall–Kier alpha value is -1.75. The molecule has 30 heavy (non-hydrogen) atoms. The van der Waals surface area contributed by atoms with E-state index in [1.165, 1.54) is 15.6 Å². The van der Waals surface area contributed by atoms with Gasteiger partial charge in [0.1, 0.15) is 9.81 Å². The van der Waals surface area contributed by atoms with Gasteiger partial charge in [0.25, 0.3) is 15.9 Å². The summed E-state index contributed by atoms with van der Waals surface area (Å²) in [6, 6.07) is 3.28. The fourth-order valence-corrected chi connectivity index (χ4v) is 6.65. The van der Waals surface area contributed by atoms with E-state index in [1.54, 1.807) is 24.4 Å². The van der Waals surface area contributed by atoms with Gasteiger partial charge in [-0.1, -0.05) is 19.9 Å². The van der Waals surface area contributed by atoms with Crippen LogP contribution in [0.1, 0.15) is 33.6 Å². The topological polar surface area (TPSA) is 96.0 Å². The molecule has 0 bridgehead atoms. The summed E-state index contributed by atoms with van der Waals surface area (Å²) >= 11 is 1.18. The second-order valence-electron chi connectivity index (χ2n) is 7.50. The van der Waals surface area contributed by atoms with Crippen molar-refractivity contribution in [3.05, 3.63) is 28.7 Å². The maximum atomic E-state index is 12.9. The second kappa shape index (κ2) is 9.17. The van der Waals surface area contributed by atoms with Gasteiger partial charge in [0, 0.05) is 44.6 Å². The lowest BCUT2D eigenvalue weighted by molar-refractivity contribution is -0.150. The number of hydrogen-bond donors (Lipinski definition) is 1. The molecule has 3 heterocycles. The van der Waals surface area contributed by atoms with Crippen LogP contribution in [0.3, 0.4) is 0 Å². The minimum Gasteiger partial charge on any atom is -0.450 e. The normalized spacial score (nSPS) is 19.5. The molecule has 8 nitrogen and oxygen atoms in total. The highest BCUT2D eigenvalue weighted by molar-refractivity contribution is 7.91. The molecule has 0 aliphatic carbocycles. The Balaban J connectivity index is 1.71. The lowest BCUT2D eigenvalue weighted by Gasteiger charge is -2.38. The standard InChI is InChI=1S/C20H29N3O5S2/c1-4-22(5-2)13-10-21-18(24)17-15(3)19(25)28-20(17)8-11-23(12-9-20)30(26,27)16-7-6-14-29-16/h6-7,14H,4-5,8-13H2,1-3H3,(H,21,24). The van der Waals surface area contributed by atoms with Crippen LogP contribution in [0.15, 0.2) is 32.9 Å². The number of ether oxygens (including phenoxy) is 1. The van der Waals surface area contributed by atoms with Crippen molar-refractivity contribution in [2.45, 2.75) is 43.4 Å². The number of amides is 1. The number of likely N-dealkylation sites (N-methyl/N-ethyl adjacent to an activating group) is 1. The van der Waals surface area contributed by atoms with Crippen LogP contribution in [0.2, 0.25) is 0 Å². The van der Waals surface area contributed by atoms with Crippen LogP contribution in [-0.4, -0.2) is 74.4 Å². The zero-order chi connectivity index (χ0) is 21.9. The summed E-state index contributed by atoms with van der Waals surface area (Å²) in [6.45, 7) is 9.10. The molecule has 1 amide bonds. The third-order valence-electron chi connectivity index (χ3n) is 5.88. The van der Waals surface area contributed by atoms with Gasteiger partial charge in [-0.3, -0.25) is 4.79 Å². The van der Waals surface area contributed by atoms with Gasteiger partial charge in [-0.15, -0.1) is 11.3 Å². The molecule has 0 aromatic carbocycles. The van der Waals surface area contributed by atoms with Crippen molar-refractivity contribution in [1.29, 1.82) is 0 Å². The van der Waals surface area contributed by atoms with E-state index in [-0.39, 0.29) is 31.8 Å². The Morgan fingerprint density at radius 3 is 2.53 bits per heavy atom. The highest BCUT2D eigenvalue weighted by Gasteiger charge is 2.52. The molecule has 1 aromatic heterocycles. The fourth-order valence-electron chi connectivity index (χ4n) is 4.06. The Kier molecular flexibility index (Phi) is 7.01. The van der Waals surface area contributed by atoms with Crippen molar-refractivity contribution < 1.29 is 22.7 Å². The second-order valence-corrected chi connectivity index (χ2v) is 10.6. The molecule has 166 valence electrons. The minimum atomic E-state index is -3.57. The molecule has 0 atom stereocenters. The molecule has 1 fully saturated rings. The number of thiophene rings is 1. The predicted octanol–water partition coefficient (Wildman–Crippen LogP) is 1.60. The van der Waals surface area contributed by atoms with Crippen LogP contribution in [0.4, 0.5) is 0 Å². The van der Waals surface area contributed by atoms with E-state index in [0.29, 0.717) is 21.9 Å². The van der Waals surface area contributed by atoms with Gasteiger partial charge in [-0.25, -0.2) is 13.2 Å². The zero-order valence-corrected chi connectivity index (χ0v) is 19.3. The van der Waals surface area contributed by atoms with Gasteiger partial charge in [0.05, 0.1) is 5.57 Å². The maximum Gasteiger partial charge on any atom is 0.335 e. The Morgan fingerprint density at radius 1 is 1.30 bits per heavy atom. The summed E-state index contributed by atoms with van der Waals surface area (Å²) in [5.41, 5.74) is -0.396. The van der Waals surface area contributed by atoms with E-state index >= 15 is 0 Å². The molecule has 2 aliphatic rings. The fraction of sp³-hybridized carbons (Fsp3) is 0.600. The van der Waals surface area contributed by atoms with E-state index in [9.17, 15) is 18.0 Å². The number of hydrogen-bond acceptors (Lipinski definition) is 7. The summed E-state index contributed by atoms with van der Waals surface area (Å²) < 4.78 is 32.9. The number of rotatable bonds is 8. The number of carbonyl (C=O) groups is 2. The first-order valence-corrected chi connectivity index (χ1v) is 12.6. The molecule has 1 N–H and O–H groups in total. The summed E-state index contributed by atoms with van der Waals surface area (Å²) in [6.07, 6.45) is 0.527. The van der Waals surface area contributed by atoms with Gasteiger partial charge < -0.3 is 15.0 Å². The lowest BCUT2D eigenvalue weighted by atomic mass is 9.83. The molecule has 1 spiro atoms. The largest absolute Gasteiger partial charge is 0.450 e. The van der Waals surface area contributed by atoms with Crippen molar-refractivity contribution in [1.82, 2.24) is 14.5 Å². The van der Waals surface area contributed by atoms with E-state index in [2.05, 4.69) is 24.1 Å². The number of carbonyl (C=O) groups excluding carboxylic acids is 2. The van der Waals surface area contributed by atoms with Crippen LogP contribution in [0.25, 0.3) is 0 Å². The van der Waals surface area contributed by atoms with Crippen molar-refractivity contribution >= 4 is 33.2 Å². The molecule has 1 aromatic rings. The van der Waals surface area contributed by atoms with E-state index in [0.717, 1.165) is 19.6 Å². The van der Waals surface area contributed by atoms with E-state index in [1.807, 2.05) is 0 Å². The van der Waals surface area contributed by atoms with Crippen LogP contribution >= 0.6 is 11.3 Å². The Bertz CT molecular complexity index is 912. The number of sulfonamides is 1. The van der Waals surface area contributed by atoms with Gasteiger partial charge in [0.2, 0.25) is 0 Å². The van der Waals surface area contributed by atoms with E-state index in [4.69, 9.17) is 4.74 Å². The Labute approximate surface area is 181 Å². The highest BCUT2D eigenvalue weighted by atomic mass is 32.2.